The van der Waals surface area contributed by atoms with E-state index in [1.165, 1.54) is 6.07 Å². The first-order valence-corrected chi connectivity index (χ1v) is 11.1. The lowest BCUT2D eigenvalue weighted by Gasteiger charge is -2.35. The number of amides is 2. The van der Waals surface area contributed by atoms with Crippen molar-refractivity contribution in [3.05, 3.63) is 57.6 Å². The van der Waals surface area contributed by atoms with Gasteiger partial charge in [0, 0.05) is 29.7 Å². The summed E-state index contributed by atoms with van der Waals surface area (Å²) < 4.78 is 0. The van der Waals surface area contributed by atoms with Crippen molar-refractivity contribution in [2.45, 2.75) is 31.5 Å². The molecule has 2 heterocycles. The summed E-state index contributed by atoms with van der Waals surface area (Å²) in [6.07, 6.45) is 2.78. The van der Waals surface area contributed by atoms with Crippen LogP contribution in [0.2, 0.25) is 10.0 Å². The number of carbonyl (C=O) groups is 2. The molecule has 2 aliphatic rings. The molecule has 9 heteroatoms. The molecule has 31 heavy (non-hydrogen) atoms. The summed E-state index contributed by atoms with van der Waals surface area (Å²) in [6, 6.07) is 10.3. The summed E-state index contributed by atoms with van der Waals surface area (Å²) in [5.74, 6) is -0.404. The van der Waals surface area contributed by atoms with Crippen LogP contribution in [-0.2, 0) is 0 Å². The molecular formula is C22H25Cl2N5O2. The lowest BCUT2D eigenvalue weighted by molar-refractivity contribution is 0.0623. The molecule has 2 aromatic carbocycles. The third-order valence-corrected chi connectivity index (χ3v) is 6.28. The van der Waals surface area contributed by atoms with E-state index >= 15 is 0 Å². The highest BCUT2D eigenvalue weighted by Crippen LogP contribution is 2.31. The number of rotatable bonds is 5. The highest BCUT2D eigenvalue weighted by Gasteiger charge is 2.28. The Morgan fingerprint density at radius 2 is 1.90 bits per heavy atom. The fourth-order valence-corrected chi connectivity index (χ4v) is 4.50. The molecule has 0 aromatic heterocycles. The Morgan fingerprint density at radius 1 is 1.10 bits per heavy atom. The lowest BCUT2D eigenvalue weighted by Crippen LogP contribution is -2.47. The maximum absolute atomic E-state index is 13.0. The number of carbonyl (C=O) groups excluding carboxylic acids is 2. The predicted molar refractivity (Wildman–Crippen MR) is 124 cm³/mol. The molecule has 0 saturated carbocycles. The number of benzene rings is 2. The van der Waals surface area contributed by atoms with Gasteiger partial charge in [0.2, 0.25) is 0 Å². The van der Waals surface area contributed by atoms with Gasteiger partial charge in [-0.05, 0) is 55.7 Å². The van der Waals surface area contributed by atoms with Crippen molar-refractivity contribution in [1.29, 1.82) is 0 Å². The average Bonchev–Trinajstić information content (AvgIpc) is 3.18. The topological polar surface area (TPSA) is 99.5 Å². The van der Waals surface area contributed by atoms with E-state index in [0.29, 0.717) is 35.8 Å². The standard InChI is InChI=1S/C22H25Cl2N5O2/c23-14-5-7-18-19(10-14)28-20(27-18)12-26-21(30)13-4-6-16(17(24)9-13)22(31)29-8-2-1-3-15(29)11-25/h4-7,9-10,15,20,27-28H,1-3,8,11-12,25H2,(H,26,30). The van der Waals surface area contributed by atoms with Gasteiger partial charge >= 0.3 is 0 Å². The van der Waals surface area contributed by atoms with Crippen molar-refractivity contribution in [2.24, 2.45) is 5.73 Å². The summed E-state index contributed by atoms with van der Waals surface area (Å²) in [6.45, 7) is 1.47. The molecule has 164 valence electrons. The van der Waals surface area contributed by atoms with E-state index in [2.05, 4.69) is 16.0 Å². The van der Waals surface area contributed by atoms with Crippen molar-refractivity contribution < 1.29 is 9.59 Å². The first-order chi connectivity index (χ1) is 15.0. The maximum atomic E-state index is 13.0. The van der Waals surface area contributed by atoms with E-state index in [9.17, 15) is 9.59 Å². The quantitative estimate of drug-likeness (QED) is 0.545. The minimum Gasteiger partial charge on any atom is -0.362 e. The maximum Gasteiger partial charge on any atom is 0.255 e. The van der Waals surface area contributed by atoms with E-state index in [4.69, 9.17) is 28.9 Å². The number of halogens is 2. The largest absolute Gasteiger partial charge is 0.362 e. The second-order valence-corrected chi connectivity index (χ2v) is 8.66. The van der Waals surface area contributed by atoms with Crippen LogP contribution in [0.25, 0.3) is 0 Å². The van der Waals surface area contributed by atoms with Crippen molar-refractivity contribution in [1.82, 2.24) is 10.2 Å². The number of hydrogen-bond acceptors (Lipinski definition) is 5. The van der Waals surface area contributed by atoms with Gasteiger partial charge in [0.05, 0.1) is 28.5 Å². The third kappa shape index (κ3) is 4.74. The number of nitrogens with one attached hydrogen (secondary N) is 3. The molecule has 7 nitrogen and oxygen atoms in total. The summed E-state index contributed by atoms with van der Waals surface area (Å²) in [7, 11) is 0. The van der Waals surface area contributed by atoms with E-state index in [-0.39, 0.29) is 29.0 Å². The van der Waals surface area contributed by atoms with Crippen LogP contribution in [0.15, 0.2) is 36.4 Å². The lowest BCUT2D eigenvalue weighted by atomic mass is 10.0. The Bertz CT molecular complexity index is 1000. The van der Waals surface area contributed by atoms with Gasteiger partial charge in [0.1, 0.15) is 6.17 Å². The van der Waals surface area contributed by atoms with Gasteiger partial charge in [0.15, 0.2) is 0 Å². The number of hydrogen-bond donors (Lipinski definition) is 4. The van der Waals surface area contributed by atoms with Crippen LogP contribution in [0.3, 0.4) is 0 Å². The van der Waals surface area contributed by atoms with Crippen LogP contribution in [0.4, 0.5) is 11.4 Å². The number of nitrogens with zero attached hydrogens (tertiary/aromatic N) is 1. The molecule has 1 fully saturated rings. The second-order valence-electron chi connectivity index (χ2n) is 7.82. The highest BCUT2D eigenvalue weighted by atomic mass is 35.5. The molecule has 1 saturated heterocycles. The molecule has 0 aliphatic carbocycles. The summed E-state index contributed by atoms with van der Waals surface area (Å²) in [5.41, 5.74) is 8.45. The van der Waals surface area contributed by atoms with Crippen LogP contribution >= 0.6 is 23.2 Å². The highest BCUT2D eigenvalue weighted by molar-refractivity contribution is 6.34. The van der Waals surface area contributed by atoms with Gasteiger partial charge in [-0.15, -0.1) is 0 Å². The van der Waals surface area contributed by atoms with Gasteiger partial charge in [0.25, 0.3) is 11.8 Å². The Morgan fingerprint density at radius 3 is 2.68 bits per heavy atom. The minimum atomic E-state index is -0.267. The number of anilines is 2. The zero-order valence-corrected chi connectivity index (χ0v) is 18.5. The average molecular weight is 462 g/mol. The Hall–Kier alpha value is -2.48. The number of fused-ring (bicyclic) bond motifs is 1. The summed E-state index contributed by atoms with van der Waals surface area (Å²) >= 11 is 12.4. The first kappa shape index (κ1) is 21.7. The van der Waals surface area contributed by atoms with E-state index < -0.39 is 0 Å². The molecule has 5 N–H and O–H groups in total. The van der Waals surface area contributed by atoms with Gasteiger partial charge in [-0.2, -0.15) is 0 Å². The second kappa shape index (κ2) is 9.34. The zero-order valence-electron chi connectivity index (χ0n) is 17.0. The van der Waals surface area contributed by atoms with Gasteiger partial charge < -0.3 is 26.6 Å². The van der Waals surface area contributed by atoms with E-state index in [1.54, 1.807) is 23.1 Å². The van der Waals surface area contributed by atoms with Crippen molar-refractivity contribution in [2.75, 3.05) is 30.3 Å². The summed E-state index contributed by atoms with van der Waals surface area (Å²) in [4.78, 5) is 27.4. The first-order valence-electron chi connectivity index (χ1n) is 10.4. The molecule has 2 aromatic rings. The summed E-state index contributed by atoms with van der Waals surface area (Å²) in [5, 5.41) is 10.3. The SMILES string of the molecule is NCC1CCCCN1C(=O)c1ccc(C(=O)NCC2Nc3ccc(Cl)cc3N2)cc1Cl. The third-order valence-electron chi connectivity index (χ3n) is 5.73. The molecule has 0 radical (unpaired) electrons. The minimum absolute atomic E-state index is 0.0331. The Kier molecular flexibility index (Phi) is 6.55. The molecule has 2 amide bonds. The predicted octanol–water partition coefficient (Wildman–Crippen LogP) is 3.54. The van der Waals surface area contributed by atoms with Crippen LogP contribution in [0, 0.1) is 0 Å². The van der Waals surface area contributed by atoms with Crippen molar-refractivity contribution in [3.8, 4) is 0 Å². The fourth-order valence-electron chi connectivity index (χ4n) is 4.07. The molecular weight excluding hydrogens is 437 g/mol. The van der Waals surface area contributed by atoms with E-state index in [0.717, 1.165) is 30.6 Å². The van der Waals surface area contributed by atoms with Crippen LogP contribution in [0.1, 0.15) is 40.0 Å². The fraction of sp³-hybridized carbons (Fsp3) is 0.364. The number of likely N-dealkylation sites (tertiary alicyclic amines) is 1. The Balaban J connectivity index is 1.37. The van der Waals surface area contributed by atoms with E-state index in [1.807, 2.05) is 12.1 Å². The molecule has 2 unspecified atom stereocenters. The molecule has 0 bridgehead atoms. The molecule has 0 spiro atoms. The molecule has 4 rings (SSSR count). The normalized spacial score (nSPS) is 19.9. The van der Waals surface area contributed by atoms with Gasteiger partial charge in [-0.3, -0.25) is 9.59 Å². The van der Waals surface area contributed by atoms with Gasteiger partial charge in [-0.25, -0.2) is 0 Å². The smallest absolute Gasteiger partial charge is 0.255 e. The van der Waals surface area contributed by atoms with Crippen LogP contribution in [-0.4, -0.2) is 48.6 Å². The van der Waals surface area contributed by atoms with Crippen molar-refractivity contribution >= 4 is 46.4 Å². The number of nitrogens with two attached hydrogens (primary N) is 1. The monoisotopic (exact) mass is 461 g/mol. The number of piperidine rings is 1. The zero-order chi connectivity index (χ0) is 22.0. The van der Waals surface area contributed by atoms with Crippen LogP contribution in [0.5, 0.6) is 0 Å². The molecule has 2 aliphatic heterocycles. The Labute approximate surface area is 191 Å². The molecule has 2 atom stereocenters. The van der Waals surface area contributed by atoms with Crippen molar-refractivity contribution in [3.63, 3.8) is 0 Å². The van der Waals surface area contributed by atoms with Gasteiger partial charge in [-0.1, -0.05) is 23.2 Å². The van der Waals surface area contributed by atoms with Crippen LogP contribution < -0.4 is 21.7 Å².